The number of primary amides is 1. The molecule has 0 aliphatic carbocycles. The molecule has 0 saturated carbocycles. The molecule has 9 nitrogen and oxygen atoms in total. The summed E-state index contributed by atoms with van der Waals surface area (Å²) in [6.45, 7) is -0.00120. The molecule has 1 saturated heterocycles. The molecule has 4 rings (SSSR count). The lowest BCUT2D eigenvalue weighted by molar-refractivity contribution is -0.121. The van der Waals surface area contributed by atoms with Gasteiger partial charge in [0, 0.05) is 12.6 Å². The molecule has 1 aliphatic heterocycles. The SMILES string of the molecule is NC(=O)[C@@H]1C[C@H](Oc2cccnc2)CN1S(=O)(=O)c1cccc2nsnc12. The van der Waals surface area contributed by atoms with Crippen LogP contribution < -0.4 is 10.5 Å². The Bertz CT molecular complexity index is 1090. The number of benzene rings is 1. The summed E-state index contributed by atoms with van der Waals surface area (Å²) in [5, 5.41) is 0. The smallest absolute Gasteiger partial charge is 0.246 e. The molecule has 1 aliphatic rings. The van der Waals surface area contributed by atoms with Gasteiger partial charge < -0.3 is 10.5 Å². The number of hydrogen-bond donors (Lipinski definition) is 1. The Morgan fingerprint density at radius 3 is 2.85 bits per heavy atom. The van der Waals surface area contributed by atoms with E-state index in [-0.39, 0.29) is 23.4 Å². The quantitative estimate of drug-likeness (QED) is 0.664. The Hall–Kier alpha value is -2.63. The first-order chi connectivity index (χ1) is 13.0. The van der Waals surface area contributed by atoms with E-state index in [9.17, 15) is 13.2 Å². The zero-order valence-corrected chi connectivity index (χ0v) is 15.6. The predicted octanol–water partition coefficient (Wildman–Crippen LogP) is 0.782. The van der Waals surface area contributed by atoms with E-state index in [2.05, 4.69) is 13.7 Å². The van der Waals surface area contributed by atoms with Crippen molar-refractivity contribution in [2.45, 2.75) is 23.5 Å². The van der Waals surface area contributed by atoms with Gasteiger partial charge in [0.05, 0.1) is 24.5 Å². The minimum Gasteiger partial charge on any atom is -0.487 e. The number of carbonyl (C=O) groups is 1. The third kappa shape index (κ3) is 3.24. The van der Waals surface area contributed by atoms with Gasteiger partial charge in [0.25, 0.3) is 0 Å². The van der Waals surface area contributed by atoms with Crippen LogP contribution in [0.3, 0.4) is 0 Å². The van der Waals surface area contributed by atoms with Crippen LogP contribution in [0.5, 0.6) is 5.75 Å². The summed E-state index contributed by atoms with van der Waals surface area (Å²) in [5.41, 5.74) is 6.24. The Morgan fingerprint density at radius 2 is 2.11 bits per heavy atom. The summed E-state index contributed by atoms with van der Waals surface area (Å²) in [6, 6.07) is 7.15. The third-order valence-electron chi connectivity index (χ3n) is 4.32. The van der Waals surface area contributed by atoms with Gasteiger partial charge in [0.15, 0.2) is 0 Å². The molecule has 140 valence electrons. The highest BCUT2D eigenvalue weighted by Gasteiger charge is 2.45. The van der Waals surface area contributed by atoms with Crippen molar-refractivity contribution in [2.24, 2.45) is 5.73 Å². The molecular weight excluding hydrogens is 390 g/mol. The van der Waals surface area contributed by atoms with Crippen LogP contribution in [0.4, 0.5) is 0 Å². The van der Waals surface area contributed by atoms with Crippen molar-refractivity contribution in [1.29, 1.82) is 0 Å². The largest absolute Gasteiger partial charge is 0.487 e. The Morgan fingerprint density at radius 1 is 1.26 bits per heavy atom. The molecular formula is C16H15N5O4S2. The van der Waals surface area contributed by atoms with E-state index in [0.717, 1.165) is 16.0 Å². The molecule has 2 aromatic heterocycles. The fourth-order valence-electron chi connectivity index (χ4n) is 3.10. The van der Waals surface area contributed by atoms with Gasteiger partial charge in [-0.15, -0.1) is 0 Å². The lowest BCUT2D eigenvalue weighted by Gasteiger charge is -2.21. The fourth-order valence-corrected chi connectivity index (χ4v) is 5.50. The number of hydrogen-bond acceptors (Lipinski definition) is 8. The molecule has 0 bridgehead atoms. The summed E-state index contributed by atoms with van der Waals surface area (Å²) in [6.07, 6.45) is 2.77. The molecule has 11 heteroatoms. The van der Waals surface area contributed by atoms with Crippen LogP contribution in [0, 0.1) is 0 Å². The summed E-state index contributed by atoms with van der Waals surface area (Å²) in [4.78, 5) is 15.9. The van der Waals surface area contributed by atoms with Crippen molar-refractivity contribution in [2.75, 3.05) is 6.54 Å². The van der Waals surface area contributed by atoms with E-state index in [0.29, 0.717) is 11.3 Å². The molecule has 27 heavy (non-hydrogen) atoms. The van der Waals surface area contributed by atoms with E-state index in [1.807, 2.05) is 0 Å². The first-order valence-corrected chi connectivity index (χ1v) is 10.2. The van der Waals surface area contributed by atoms with E-state index in [1.54, 1.807) is 30.5 Å². The minimum absolute atomic E-state index is 0.00120. The highest BCUT2D eigenvalue weighted by Crippen LogP contribution is 2.31. The molecule has 0 spiro atoms. The van der Waals surface area contributed by atoms with Gasteiger partial charge in [-0.1, -0.05) is 6.07 Å². The maximum Gasteiger partial charge on any atom is 0.246 e. The van der Waals surface area contributed by atoms with Gasteiger partial charge in [-0.3, -0.25) is 9.78 Å². The van der Waals surface area contributed by atoms with E-state index >= 15 is 0 Å². The molecule has 2 N–H and O–H groups in total. The van der Waals surface area contributed by atoms with Crippen molar-refractivity contribution in [3.8, 4) is 5.75 Å². The second-order valence-corrected chi connectivity index (χ2v) is 8.43. The van der Waals surface area contributed by atoms with Crippen molar-refractivity contribution < 1.29 is 17.9 Å². The fraction of sp³-hybridized carbons (Fsp3) is 0.250. The van der Waals surface area contributed by atoms with Gasteiger partial charge in [-0.25, -0.2) is 8.42 Å². The Labute approximate surface area is 159 Å². The maximum absolute atomic E-state index is 13.2. The number of sulfonamides is 1. The van der Waals surface area contributed by atoms with E-state index in [1.165, 1.54) is 12.3 Å². The van der Waals surface area contributed by atoms with Gasteiger partial charge in [0.2, 0.25) is 15.9 Å². The van der Waals surface area contributed by atoms with E-state index in [4.69, 9.17) is 10.5 Å². The monoisotopic (exact) mass is 405 g/mol. The predicted molar refractivity (Wildman–Crippen MR) is 97.6 cm³/mol. The van der Waals surface area contributed by atoms with Crippen LogP contribution in [0.25, 0.3) is 11.0 Å². The highest BCUT2D eigenvalue weighted by molar-refractivity contribution is 7.89. The number of ether oxygens (including phenoxy) is 1. The van der Waals surface area contributed by atoms with Gasteiger partial charge >= 0.3 is 0 Å². The summed E-state index contributed by atoms with van der Waals surface area (Å²) < 4.78 is 41.5. The van der Waals surface area contributed by atoms with Crippen molar-refractivity contribution in [1.82, 2.24) is 18.0 Å². The maximum atomic E-state index is 13.2. The van der Waals surface area contributed by atoms with Crippen molar-refractivity contribution >= 4 is 38.7 Å². The zero-order valence-electron chi connectivity index (χ0n) is 13.9. The summed E-state index contributed by atoms with van der Waals surface area (Å²) in [5.74, 6) is -0.227. The van der Waals surface area contributed by atoms with Crippen LogP contribution in [0.2, 0.25) is 0 Å². The molecule has 1 amide bonds. The number of rotatable bonds is 5. The molecule has 3 aromatic rings. The van der Waals surface area contributed by atoms with Crippen LogP contribution in [-0.2, 0) is 14.8 Å². The lowest BCUT2D eigenvalue weighted by Crippen LogP contribution is -2.43. The van der Waals surface area contributed by atoms with Crippen molar-refractivity contribution in [3.63, 3.8) is 0 Å². The standard InChI is InChI=1S/C16H15N5O4S2/c17-16(22)13-7-11(25-10-3-2-6-18-8-10)9-21(13)27(23,24)14-5-1-4-12-15(14)20-26-19-12/h1-6,8,11,13H,7,9H2,(H2,17,22)/t11-,13-/m0/s1. The van der Waals surface area contributed by atoms with Gasteiger partial charge in [0.1, 0.15) is 33.8 Å². The first kappa shape index (κ1) is 17.8. The molecule has 1 fully saturated rings. The Kier molecular flexibility index (Phi) is 4.50. The van der Waals surface area contributed by atoms with Crippen molar-refractivity contribution in [3.05, 3.63) is 42.7 Å². The highest BCUT2D eigenvalue weighted by atomic mass is 32.2. The summed E-state index contributed by atoms with van der Waals surface area (Å²) >= 11 is 0.929. The number of aromatic nitrogens is 3. The normalized spacial score (nSPS) is 20.7. The van der Waals surface area contributed by atoms with Crippen LogP contribution >= 0.6 is 11.7 Å². The zero-order chi connectivity index (χ0) is 19.0. The number of nitrogens with two attached hydrogens (primary N) is 1. The number of nitrogens with zero attached hydrogens (tertiary/aromatic N) is 4. The number of fused-ring (bicyclic) bond motifs is 1. The van der Waals surface area contributed by atoms with Crippen LogP contribution in [-0.4, -0.2) is 51.1 Å². The van der Waals surface area contributed by atoms with Crippen LogP contribution in [0.1, 0.15) is 6.42 Å². The molecule has 0 unspecified atom stereocenters. The minimum atomic E-state index is -4.01. The molecule has 1 aromatic carbocycles. The number of pyridine rings is 1. The second kappa shape index (κ2) is 6.83. The molecule has 3 heterocycles. The Balaban J connectivity index is 1.68. The molecule has 2 atom stereocenters. The molecule has 0 radical (unpaired) electrons. The van der Waals surface area contributed by atoms with E-state index < -0.39 is 28.1 Å². The first-order valence-electron chi connectivity index (χ1n) is 8.06. The topological polar surface area (TPSA) is 128 Å². The second-order valence-electron chi connectivity index (χ2n) is 6.05. The summed E-state index contributed by atoms with van der Waals surface area (Å²) in [7, 11) is -4.01. The lowest BCUT2D eigenvalue weighted by atomic mass is 10.2. The average molecular weight is 405 g/mol. The number of amides is 1. The van der Waals surface area contributed by atoms with Gasteiger partial charge in [-0.2, -0.15) is 13.1 Å². The third-order valence-corrected chi connectivity index (χ3v) is 6.77. The van der Waals surface area contributed by atoms with Gasteiger partial charge in [-0.05, 0) is 24.3 Å². The van der Waals surface area contributed by atoms with Crippen LogP contribution in [0.15, 0.2) is 47.6 Å². The number of carbonyl (C=O) groups excluding carboxylic acids is 1. The average Bonchev–Trinajstić information content (AvgIpc) is 3.29.